The lowest BCUT2D eigenvalue weighted by atomic mass is 10.1. The second-order valence-electron chi connectivity index (χ2n) is 6.36. The van der Waals surface area contributed by atoms with E-state index in [4.69, 9.17) is 0 Å². The molecule has 2 unspecified atom stereocenters. The van der Waals surface area contributed by atoms with Crippen LogP contribution in [0.5, 0.6) is 0 Å². The van der Waals surface area contributed by atoms with E-state index < -0.39 is 11.0 Å². The number of aliphatic hydroxyl groups excluding tert-OH is 1. The van der Waals surface area contributed by atoms with E-state index in [1.807, 2.05) is 40.0 Å². The van der Waals surface area contributed by atoms with Crippen molar-refractivity contribution < 1.29 is 13.5 Å². The van der Waals surface area contributed by atoms with Gasteiger partial charge in [-0.1, -0.05) is 13.3 Å². The number of hydrogen-bond donors (Lipinski definition) is 1. The van der Waals surface area contributed by atoms with Crippen molar-refractivity contribution in [2.75, 3.05) is 41.3 Å². The van der Waals surface area contributed by atoms with Gasteiger partial charge in [0.15, 0.2) is 0 Å². The first-order chi connectivity index (χ1) is 8.14. The van der Waals surface area contributed by atoms with E-state index in [1.165, 1.54) is 0 Å². The molecule has 0 aromatic carbocycles. The lowest BCUT2D eigenvalue weighted by Crippen LogP contribution is -2.48. The SMILES string of the molecule is CCCCN(C)C(C)(CC(O)C[N+](C)(C)C)SF. The van der Waals surface area contributed by atoms with E-state index in [0.29, 0.717) is 29.6 Å². The van der Waals surface area contributed by atoms with Crippen LogP contribution < -0.4 is 0 Å². The number of rotatable bonds is 9. The Kier molecular flexibility index (Phi) is 7.75. The fourth-order valence-corrected chi connectivity index (χ4v) is 2.48. The minimum Gasteiger partial charge on any atom is -0.387 e. The molecular formula is C13H30FN2OS+. The van der Waals surface area contributed by atoms with Crippen LogP contribution in [0.15, 0.2) is 0 Å². The van der Waals surface area contributed by atoms with Gasteiger partial charge in [0.05, 0.1) is 38.2 Å². The monoisotopic (exact) mass is 281 g/mol. The number of quaternary nitrogens is 1. The van der Waals surface area contributed by atoms with Gasteiger partial charge < -0.3 is 9.59 Å². The summed E-state index contributed by atoms with van der Waals surface area (Å²) >= 11 is 0.344. The average Bonchev–Trinajstić information content (AvgIpc) is 2.22. The zero-order valence-corrected chi connectivity index (χ0v) is 13.6. The molecule has 0 bridgehead atoms. The number of unbranched alkanes of at least 4 members (excludes halogenated alkanes) is 1. The molecule has 0 fully saturated rings. The van der Waals surface area contributed by atoms with Crippen LogP contribution in [0, 0.1) is 0 Å². The molecule has 18 heavy (non-hydrogen) atoms. The maximum Gasteiger partial charge on any atom is 0.106 e. The van der Waals surface area contributed by atoms with Gasteiger partial charge in [-0.2, -0.15) is 3.89 Å². The van der Waals surface area contributed by atoms with Gasteiger partial charge in [-0.05, 0) is 26.9 Å². The fourth-order valence-electron chi connectivity index (χ4n) is 2.01. The van der Waals surface area contributed by atoms with Crippen LogP contribution in [0.1, 0.15) is 33.1 Å². The molecule has 3 nitrogen and oxygen atoms in total. The number of nitrogens with zero attached hydrogens (tertiary/aromatic N) is 2. The summed E-state index contributed by atoms with van der Waals surface area (Å²) in [7, 11) is 8.03. The molecule has 0 spiro atoms. The Balaban J connectivity index is 4.45. The van der Waals surface area contributed by atoms with Gasteiger partial charge in [0, 0.05) is 6.42 Å². The third-order valence-corrected chi connectivity index (χ3v) is 4.00. The Morgan fingerprint density at radius 1 is 1.39 bits per heavy atom. The highest BCUT2D eigenvalue weighted by atomic mass is 32.2. The largest absolute Gasteiger partial charge is 0.387 e. The van der Waals surface area contributed by atoms with E-state index in [-0.39, 0.29) is 0 Å². The first-order valence-electron chi connectivity index (χ1n) is 6.64. The van der Waals surface area contributed by atoms with Crippen molar-refractivity contribution in [1.82, 2.24) is 4.90 Å². The maximum atomic E-state index is 13.3. The number of hydrogen-bond acceptors (Lipinski definition) is 3. The summed E-state index contributed by atoms with van der Waals surface area (Å²) in [6.45, 7) is 5.49. The maximum absolute atomic E-state index is 13.3. The molecule has 0 aliphatic carbocycles. The van der Waals surface area contributed by atoms with E-state index in [1.54, 1.807) is 0 Å². The van der Waals surface area contributed by atoms with Gasteiger partial charge in [-0.3, -0.25) is 4.90 Å². The van der Waals surface area contributed by atoms with Crippen LogP contribution in [-0.2, 0) is 0 Å². The van der Waals surface area contributed by atoms with Gasteiger partial charge in [-0.25, -0.2) is 0 Å². The van der Waals surface area contributed by atoms with Crippen molar-refractivity contribution in [2.45, 2.75) is 44.1 Å². The molecule has 2 atom stereocenters. The standard InChI is InChI=1S/C13H30FN2OS/c1-7-8-9-15(3)13(2,18-14)10-12(17)11-16(4,5)6/h12,17H,7-11H2,1-6H3/q+1. The van der Waals surface area contributed by atoms with Gasteiger partial charge in [-0.15, -0.1) is 0 Å². The predicted molar refractivity (Wildman–Crippen MR) is 78.2 cm³/mol. The summed E-state index contributed by atoms with van der Waals surface area (Å²) in [6, 6.07) is 0. The normalized spacial score (nSPS) is 17.8. The van der Waals surface area contributed by atoms with Gasteiger partial charge >= 0.3 is 0 Å². The highest BCUT2D eigenvalue weighted by Crippen LogP contribution is 2.34. The molecule has 0 rings (SSSR count). The van der Waals surface area contributed by atoms with Crippen molar-refractivity contribution >= 4 is 12.1 Å². The van der Waals surface area contributed by atoms with E-state index in [2.05, 4.69) is 6.92 Å². The van der Waals surface area contributed by atoms with Crippen LogP contribution in [0.4, 0.5) is 3.89 Å². The smallest absolute Gasteiger partial charge is 0.106 e. The van der Waals surface area contributed by atoms with Crippen LogP contribution >= 0.6 is 12.1 Å². The molecule has 0 aromatic heterocycles. The summed E-state index contributed by atoms with van der Waals surface area (Å²) in [5.74, 6) is 0. The lowest BCUT2D eigenvalue weighted by Gasteiger charge is -2.37. The Labute approximate surface area is 116 Å². The van der Waals surface area contributed by atoms with E-state index >= 15 is 0 Å². The van der Waals surface area contributed by atoms with E-state index in [0.717, 1.165) is 19.4 Å². The summed E-state index contributed by atoms with van der Waals surface area (Å²) in [5.41, 5.74) is 0. The molecule has 5 heteroatoms. The third kappa shape index (κ3) is 6.92. The molecule has 1 N–H and O–H groups in total. The molecule has 0 aromatic rings. The Bertz CT molecular complexity index is 236. The van der Waals surface area contributed by atoms with Crippen molar-refractivity contribution in [3.8, 4) is 0 Å². The first kappa shape index (κ1) is 18.2. The fraction of sp³-hybridized carbons (Fsp3) is 1.00. The van der Waals surface area contributed by atoms with Gasteiger partial charge in [0.2, 0.25) is 0 Å². The predicted octanol–water partition coefficient (Wildman–Crippen LogP) is 2.51. The van der Waals surface area contributed by atoms with E-state index in [9.17, 15) is 8.99 Å². The minimum absolute atomic E-state index is 0.344. The average molecular weight is 281 g/mol. The number of likely N-dealkylation sites (N-methyl/N-ethyl adjacent to an activating group) is 1. The van der Waals surface area contributed by atoms with Crippen molar-refractivity contribution in [3.63, 3.8) is 0 Å². The molecular weight excluding hydrogens is 251 g/mol. The molecule has 0 aliphatic rings. The molecule has 0 amide bonds. The second kappa shape index (κ2) is 7.68. The van der Waals surface area contributed by atoms with Gasteiger partial charge in [0.1, 0.15) is 12.6 Å². The van der Waals surface area contributed by atoms with Crippen molar-refractivity contribution in [1.29, 1.82) is 0 Å². The zero-order valence-electron chi connectivity index (χ0n) is 12.7. The number of halogens is 1. The van der Waals surface area contributed by atoms with Gasteiger partial charge in [0.25, 0.3) is 0 Å². The first-order valence-corrected chi connectivity index (χ1v) is 7.36. The highest BCUT2D eigenvalue weighted by molar-refractivity contribution is 7.95. The Morgan fingerprint density at radius 2 is 1.94 bits per heavy atom. The molecule has 110 valence electrons. The van der Waals surface area contributed by atoms with Crippen LogP contribution in [0.2, 0.25) is 0 Å². The topological polar surface area (TPSA) is 23.5 Å². The van der Waals surface area contributed by atoms with Crippen molar-refractivity contribution in [3.05, 3.63) is 0 Å². The van der Waals surface area contributed by atoms with Crippen LogP contribution in [0.25, 0.3) is 0 Å². The highest BCUT2D eigenvalue weighted by Gasteiger charge is 2.34. The quantitative estimate of drug-likeness (QED) is 0.519. The van der Waals surface area contributed by atoms with Crippen LogP contribution in [-0.4, -0.2) is 66.7 Å². The Hall–Kier alpha value is 0.160. The van der Waals surface area contributed by atoms with Crippen molar-refractivity contribution in [2.24, 2.45) is 0 Å². The zero-order chi connectivity index (χ0) is 14.4. The lowest BCUT2D eigenvalue weighted by molar-refractivity contribution is -0.873. The number of aliphatic hydroxyl groups is 1. The Morgan fingerprint density at radius 3 is 2.33 bits per heavy atom. The molecule has 0 aliphatic heterocycles. The summed E-state index contributed by atoms with van der Waals surface area (Å²) in [6.07, 6.45) is 2.11. The molecule has 0 saturated heterocycles. The molecule has 0 radical (unpaired) electrons. The second-order valence-corrected chi connectivity index (χ2v) is 7.39. The summed E-state index contributed by atoms with van der Waals surface area (Å²) in [5, 5.41) is 10.1. The molecule has 0 saturated carbocycles. The minimum atomic E-state index is -0.635. The third-order valence-electron chi connectivity index (χ3n) is 3.19. The summed E-state index contributed by atoms with van der Waals surface area (Å²) < 4.78 is 14.0. The summed E-state index contributed by atoms with van der Waals surface area (Å²) in [4.78, 5) is 1.38. The molecule has 0 heterocycles. The van der Waals surface area contributed by atoms with Crippen LogP contribution in [0.3, 0.4) is 0 Å².